The summed E-state index contributed by atoms with van der Waals surface area (Å²) in [4.78, 5) is 0. The predicted octanol–water partition coefficient (Wildman–Crippen LogP) is 5.65. The molecule has 1 radical (unpaired) electrons. The van der Waals surface area contributed by atoms with Gasteiger partial charge in [0, 0.05) is 5.92 Å². The SMILES string of the molecule is [O]Cc1ccc(-c2c(C3C=CC=C3)ccc3ccccc23)cc1. The summed E-state index contributed by atoms with van der Waals surface area (Å²) in [5.74, 6) is 0.314. The first-order chi connectivity index (χ1) is 11.4. The maximum Gasteiger partial charge on any atom is 0.107 e. The molecular weight excluding hydrogens is 280 g/mol. The minimum atomic E-state index is -0.170. The standard InChI is InChI=1S/C22H17O/c23-15-16-9-11-19(12-10-16)22-20-8-4-3-7-18(20)13-14-21(22)17-5-1-2-6-17/h1-14,17H,15H2. The van der Waals surface area contributed by atoms with Gasteiger partial charge in [0.05, 0.1) is 0 Å². The second kappa shape index (κ2) is 5.86. The third kappa shape index (κ3) is 2.49. The van der Waals surface area contributed by atoms with Gasteiger partial charge in [-0.25, -0.2) is 5.11 Å². The van der Waals surface area contributed by atoms with E-state index in [1.165, 1.54) is 27.5 Å². The van der Waals surface area contributed by atoms with E-state index in [1.54, 1.807) is 0 Å². The first kappa shape index (κ1) is 14.0. The monoisotopic (exact) mass is 297 g/mol. The molecule has 3 aromatic rings. The lowest BCUT2D eigenvalue weighted by Gasteiger charge is -2.17. The fraction of sp³-hybridized carbons (Fsp3) is 0.0909. The van der Waals surface area contributed by atoms with Gasteiger partial charge in [-0.05, 0) is 33.0 Å². The van der Waals surface area contributed by atoms with Crippen molar-refractivity contribution in [2.24, 2.45) is 0 Å². The Hall–Kier alpha value is -2.64. The summed E-state index contributed by atoms with van der Waals surface area (Å²) in [5.41, 5.74) is 4.57. The van der Waals surface area contributed by atoms with Crippen LogP contribution in [0.15, 0.2) is 85.0 Å². The lowest BCUT2D eigenvalue weighted by Crippen LogP contribution is -1.95. The van der Waals surface area contributed by atoms with Crippen LogP contribution in [0.5, 0.6) is 0 Å². The topological polar surface area (TPSA) is 19.9 Å². The molecule has 0 bridgehead atoms. The molecule has 0 spiro atoms. The summed E-state index contributed by atoms with van der Waals surface area (Å²) in [6.07, 6.45) is 8.65. The van der Waals surface area contributed by atoms with Gasteiger partial charge in [0.2, 0.25) is 0 Å². The van der Waals surface area contributed by atoms with Gasteiger partial charge in [0.25, 0.3) is 0 Å². The van der Waals surface area contributed by atoms with E-state index in [9.17, 15) is 5.11 Å². The smallest absolute Gasteiger partial charge is 0.107 e. The number of allylic oxidation sites excluding steroid dienone is 4. The van der Waals surface area contributed by atoms with Crippen molar-refractivity contribution >= 4 is 10.8 Å². The quantitative estimate of drug-likeness (QED) is 0.595. The van der Waals surface area contributed by atoms with Gasteiger partial charge in [-0.2, -0.15) is 0 Å². The van der Waals surface area contributed by atoms with Gasteiger partial charge in [-0.3, -0.25) is 0 Å². The van der Waals surface area contributed by atoms with E-state index in [-0.39, 0.29) is 6.61 Å². The molecule has 0 aliphatic heterocycles. The van der Waals surface area contributed by atoms with Crippen LogP contribution in [0.3, 0.4) is 0 Å². The van der Waals surface area contributed by atoms with Crippen molar-refractivity contribution in [2.75, 3.05) is 0 Å². The fourth-order valence-corrected chi connectivity index (χ4v) is 3.30. The van der Waals surface area contributed by atoms with E-state index in [1.807, 2.05) is 12.1 Å². The van der Waals surface area contributed by atoms with Crippen molar-refractivity contribution < 1.29 is 5.11 Å². The van der Waals surface area contributed by atoms with E-state index in [2.05, 4.69) is 72.8 Å². The van der Waals surface area contributed by atoms with Crippen LogP contribution < -0.4 is 0 Å². The molecule has 0 N–H and O–H groups in total. The number of hydrogen-bond donors (Lipinski definition) is 0. The normalized spacial score (nSPS) is 14.0. The number of fused-ring (bicyclic) bond motifs is 1. The molecule has 1 nitrogen and oxygen atoms in total. The summed E-state index contributed by atoms with van der Waals surface area (Å²) in [7, 11) is 0. The summed E-state index contributed by atoms with van der Waals surface area (Å²) in [5, 5.41) is 13.5. The van der Waals surface area contributed by atoms with Gasteiger partial charge in [-0.15, -0.1) is 0 Å². The number of rotatable bonds is 3. The van der Waals surface area contributed by atoms with Crippen LogP contribution >= 0.6 is 0 Å². The number of benzene rings is 3. The van der Waals surface area contributed by atoms with E-state index >= 15 is 0 Å². The highest BCUT2D eigenvalue weighted by molar-refractivity contribution is 5.98. The third-order valence-electron chi connectivity index (χ3n) is 4.48. The largest absolute Gasteiger partial charge is 0.232 e. The first-order valence-electron chi connectivity index (χ1n) is 7.91. The van der Waals surface area contributed by atoms with Crippen molar-refractivity contribution in [3.05, 3.63) is 96.1 Å². The van der Waals surface area contributed by atoms with Crippen LogP contribution in [0.4, 0.5) is 0 Å². The first-order valence-corrected chi connectivity index (χ1v) is 7.91. The predicted molar refractivity (Wildman–Crippen MR) is 94.8 cm³/mol. The lowest BCUT2D eigenvalue weighted by atomic mass is 9.87. The Kier molecular flexibility index (Phi) is 3.57. The van der Waals surface area contributed by atoms with Crippen molar-refractivity contribution in [3.63, 3.8) is 0 Å². The fourth-order valence-electron chi connectivity index (χ4n) is 3.30. The summed E-state index contributed by atoms with van der Waals surface area (Å²) in [6, 6.07) is 20.9. The Balaban J connectivity index is 1.98. The zero-order valence-corrected chi connectivity index (χ0v) is 12.8. The van der Waals surface area contributed by atoms with E-state index in [4.69, 9.17) is 0 Å². The van der Waals surface area contributed by atoms with E-state index < -0.39 is 0 Å². The van der Waals surface area contributed by atoms with Gasteiger partial charge < -0.3 is 0 Å². The van der Waals surface area contributed by atoms with Crippen LogP contribution in [-0.2, 0) is 11.7 Å². The molecule has 0 aromatic heterocycles. The molecule has 0 unspecified atom stereocenters. The zero-order chi connectivity index (χ0) is 15.6. The molecule has 0 saturated heterocycles. The highest BCUT2D eigenvalue weighted by Gasteiger charge is 2.16. The second-order valence-electron chi connectivity index (χ2n) is 5.89. The zero-order valence-electron chi connectivity index (χ0n) is 12.8. The van der Waals surface area contributed by atoms with Gasteiger partial charge in [0.1, 0.15) is 6.61 Å². The molecule has 0 fully saturated rings. The molecular formula is C22H17O. The van der Waals surface area contributed by atoms with E-state index in [0.29, 0.717) is 5.92 Å². The maximum atomic E-state index is 11.0. The van der Waals surface area contributed by atoms with Crippen molar-refractivity contribution in [2.45, 2.75) is 12.5 Å². The molecule has 1 aliphatic rings. The lowest BCUT2D eigenvalue weighted by molar-refractivity contribution is 0.177. The minimum Gasteiger partial charge on any atom is -0.232 e. The Morgan fingerprint density at radius 3 is 2.26 bits per heavy atom. The van der Waals surface area contributed by atoms with Crippen LogP contribution in [0, 0.1) is 0 Å². The second-order valence-corrected chi connectivity index (χ2v) is 5.89. The average molecular weight is 297 g/mol. The maximum absolute atomic E-state index is 11.0. The van der Waals surface area contributed by atoms with Crippen LogP contribution in [0.1, 0.15) is 17.0 Å². The summed E-state index contributed by atoms with van der Waals surface area (Å²) < 4.78 is 0. The summed E-state index contributed by atoms with van der Waals surface area (Å²) >= 11 is 0. The molecule has 23 heavy (non-hydrogen) atoms. The average Bonchev–Trinajstić information content (AvgIpc) is 3.15. The van der Waals surface area contributed by atoms with Gasteiger partial charge in [-0.1, -0.05) is 85.0 Å². The third-order valence-corrected chi connectivity index (χ3v) is 4.48. The van der Waals surface area contributed by atoms with E-state index in [0.717, 1.165) is 5.56 Å². The highest BCUT2D eigenvalue weighted by Crippen LogP contribution is 2.38. The molecule has 4 rings (SSSR count). The summed E-state index contributed by atoms with van der Waals surface area (Å²) in [6.45, 7) is -0.170. The molecule has 1 heteroatoms. The molecule has 111 valence electrons. The minimum absolute atomic E-state index is 0.170. The molecule has 0 atom stereocenters. The van der Waals surface area contributed by atoms with Crippen LogP contribution in [0.2, 0.25) is 0 Å². The molecule has 0 amide bonds. The van der Waals surface area contributed by atoms with Crippen LogP contribution in [0.25, 0.3) is 21.9 Å². The van der Waals surface area contributed by atoms with Crippen molar-refractivity contribution in [3.8, 4) is 11.1 Å². The molecule has 1 aliphatic carbocycles. The van der Waals surface area contributed by atoms with Gasteiger partial charge >= 0.3 is 0 Å². The Morgan fingerprint density at radius 2 is 1.52 bits per heavy atom. The number of hydrogen-bond acceptors (Lipinski definition) is 0. The van der Waals surface area contributed by atoms with Gasteiger partial charge in [0.15, 0.2) is 0 Å². The Bertz CT molecular complexity index is 889. The Morgan fingerprint density at radius 1 is 0.783 bits per heavy atom. The van der Waals surface area contributed by atoms with Crippen molar-refractivity contribution in [1.82, 2.24) is 0 Å². The Labute approximate surface area is 136 Å². The van der Waals surface area contributed by atoms with Crippen LogP contribution in [-0.4, -0.2) is 0 Å². The molecule has 0 saturated carbocycles. The molecule has 0 heterocycles. The highest BCUT2D eigenvalue weighted by atomic mass is 16.3. The molecule has 3 aromatic carbocycles. The van der Waals surface area contributed by atoms with Crippen molar-refractivity contribution in [1.29, 1.82) is 0 Å².